The van der Waals surface area contributed by atoms with Crippen molar-refractivity contribution >= 4 is 12.0 Å². The van der Waals surface area contributed by atoms with E-state index in [-0.39, 0.29) is 24.7 Å². The summed E-state index contributed by atoms with van der Waals surface area (Å²) in [6.45, 7) is -0.177. The van der Waals surface area contributed by atoms with Gasteiger partial charge in [-0.1, -0.05) is 0 Å². The quantitative estimate of drug-likeness (QED) is 0.724. The Morgan fingerprint density at radius 3 is 2.33 bits per heavy atom. The lowest BCUT2D eigenvalue weighted by Crippen LogP contribution is -2.49. The van der Waals surface area contributed by atoms with Crippen LogP contribution in [-0.2, 0) is 4.79 Å². The molecule has 0 aromatic rings. The average molecular weight is 212 g/mol. The number of hydrogen-bond donors (Lipinski definition) is 2. The number of nitrogens with zero attached hydrogens (tertiary/aromatic N) is 1. The van der Waals surface area contributed by atoms with Gasteiger partial charge in [-0.2, -0.15) is 0 Å². The summed E-state index contributed by atoms with van der Waals surface area (Å²) in [5, 5.41) is 11.6. The zero-order chi connectivity index (χ0) is 10.8. The van der Waals surface area contributed by atoms with Gasteiger partial charge in [-0.3, -0.25) is 4.79 Å². The summed E-state index contributed by atoms with van der Waals surface area (Å²) in [7, 11) is 0. The first-order valence-electron chi connectivity index (χ1n) is 5.46. The summed E-state index contributed by atoms with van der Waals surface area (Å²) < 4.78 is 0. The van der Waals surface area contributed by atoms with Crippen molar-refractivity contribution in [3.63, 3.8) is 0 Å². The number of urea groups is 1. The first-order chi connectivity index (χ1) is 7.16. The number of carboxylic acid groups (broad SMARTS) is 1. The summed E-state index contributed by atoms with van der Waals surface area (Å²) >= 11 is 0. The van der Waals surface area contributed by atoms with Crippen LogP contribution in [0.4, 0.5) is 4.79 Å². The van der Waals surface area contributed by atoms with Gasteiger partial charge in [0.15, 0.2) is 0 Å². The van der Waals surface area contributed by atoms with Crippen molar-refractivity contribution in [3.05, 3.63) is 0 Å². The molecule has 2 aliphatic carbocycles. The maximum absolute atomic E-state index is 11.7. The van der Waals surface area contributed by atoms with Gasteiger partial charge >= 0.3 is 12.0 Å². The Kier molecular flexibility index (Phi) is 2.79. The van der Waals surface area contributed by atoms with Gasteiger partial charge in [-0.25, -0.2) is 4.79 Å². The molecule has 0 atom stereocenters. The Labute approximate surface area is 88.4 Å². The number of rotatable bonds is 4. The fraction of sp³-hybridized carbons (Fsp3) is 0.800. The van der Waals surface area contributed by atoms with Crippen molar-refractivity contribution in [1.29, 1.82) is 0 Å². The molecule has 5 nitrogen and oxygen atoms in total. The van der Waals surface area contributed by atoms with Crippen molar-refractivity contribution < 1.29 is 14.7 Å². The topological polar surface area (TPSA) is 69.6 Å². The standard InChI is InChI=1S/C10H16N2O3/c13-9(14)6-12(8-4-5-8)10(15)11-7-2-1-3-7/h7-8H,1-6H2,(H,11,15)(H,13,14). The van der Waals surface area contributed by atoms with Crippen LogP contribution in [0.2, 0.25) is 0 Å². The van der Waals surface area contributed by atoms with Crippen molar-refractivity contribution in [2.45, 2.75) is 44.2 Å². The third kappa shape index (κ3) is 2.61. The molecule has 2 aliphatic rings. The Morgan fingerprint density at radius 1 is 1.27 bits per heavy atom. The van der Waals surface area contributed by atoms with E-state index in [1.165, 1.54) is 4.90 Å². The summed E-state index contributed by atoms with van der Waals surface area (Å²) in [5.41, 5.74) is 0. The number of hydrogen-bond acceptors (Lipinski definition) is 2. The molecule has 0 bridgehead atoms. The van der Waals surface area contributed by atoms with E-state index < -0.39 is 5.97 Å². The fourth-order valence-electron chi connectivity index (χ4n) is 1.71. The van der Waals surface area contributed by atoms with Crippen LogP contribution in [0.5, 0.6) is 0 Å². The summed E-state index contributed by atoms with van der Waals surface area (Å²) in [6.07, 6.45) is 5.08. The molecule has 15 heavy (non-hydrogen) atoms. The van der Waals surface area contributed by atoms with E-state index in [2.05, 4.69) is 5.32 Å². The number of nitrogens with one attached hydrogen (secondary N) is 1. The van der Waals surface area contributed by atoms with Gasteiger partial charge in [0, 0.05) is 12.1 Å². The molecule has 2 rings (SSSR count). The lowest BCUT2D eigenvalue weighted by molar-refractivity contribution is -0.137. The number of amides is 2. The van der Waals surface area contributed by atoms with E-state index in [0.29, 0.717) is 0 Å². The molecular weight excluding hydrogens is 196 g/mol. The van der Waals surface area contributed by atoms with Crippen LogP contribution in [0.25, 0.3) is 0 Å². The normalized spacial score (nSPS) is 20.5. The highest BCUT2D eigenvalue weighted by atomic mass is 16.4. The van der Waals surface area contributed by atoms with Crippen LogP contribution in [0.3, 0.4) is 0 Å². The smallest absolute Gasteiger partial charge is 0.323 e. The maximum atomic E-state index is 11.7. The minimum Gasteiger partial charge on any atom is -0.480 e. The Balaban J connectivity index is 1.84. The van der Waals surface area contributed by atoms with Gasteiger partial charge in [0.25, 0.3) is 0 Å². The largest absolute Gasteiger partial charge is 0.480 e. The number of carbonyl (C=O) groups is 2. The second kappa shape index (κ2) is 4.08. The molecule has 2 N–H and O–H groups in total. The van der Waals surface area contributed by atoms with E-state index >= 15 is 0 Å². The van der Waals surface area contributed by atoms with E-state index in [9.17, 15) is 9.59 Å². The van der Waals surface area contributed by atoms with Gasteiger partial charge in [0.05, 0.1) is 0 Å². The highest BCUT2D eigenvalue weighted by molar-refractivity contribution is 5.80. The molecule has 0 spiro atoms. The molecule has 0 radical (unpaired) electrons. The lowest BCUT2D eigenvalue weighted by Gasteiger charge is -2.30. The van der Waals surface area contributed by atoms with Gasteiger partial charge in [0.2, 0.25) is 0 Å². The molecule has 0 saturated heterocycles. The predicted molar refractivity (Wildman–Crippen MR) is 53.5 cm³/mol. The van der Waals surface area contributed by atoms with Crippen LogP contribution in [0.1, 0.15) is 32.1 Å². The molecule has 0 heterocycles. The Bertz CT molecular complexity index is 272. The monoisotopic (exact) mass is 212 g/mol. The SMILES string of the molecule is O=C(O)CN(C(=O)NC1CCC1)C1CC1. The molecule has 2 amide bonds. The van der Waals surface area contributed by atoms with Crippen LogP contribution < -0.4 is 5.32 Å². The van der Waals surface area contributed by atoms with Crippen molar-refractivity contribution in [2.24, 2.45) is 0 Å². The first kappa shape index (κ1) is 10.3. The van der Waals surface area contributed by atoms with Gasteiger partial charge in [-0.05, 0) is 32.1 Å². The summed E-state index contributed by atoms with van der Waals surface area (Å²) in [5.74, 6) is -0.939. The van der Waals surface area contributed by atoms with Crippen LogP contribution in [0.15, 0.2) is 0 Å². The van der Waals surface area contributed by atoms with Gasteiger partial charge in [-0.15, -0.1) is 0 Å². The second-order valence-corrected chi connectivity index (χ2v) is 4.33. The van der Waals surface area contributed by atoms with E-state index in [1.807, 2.05) is 0 Å². The lowest BCUT2D eigenvalue weighted by atomic mass is 9.93. The molecule has 0 aromatic carbocycles. The molecule has 2 fully saturated rings. The predicted octanol–water partition coefficient (Wildman–Crippen LogP) is 0.797. The third-order valence-corrected chi connectivity index (χ3v) is 2.99. The highest BCUT2D eigenvalue weighted by Gasteiger charge is 2.35. The third-order valence-electron chi connectivity index (χ3n) is 2.99. The molecule has 0 aromatic heterocycles. The first-order valence-corrected chi connectivity index (χ1v) is 5.46. The number of carboxylic acids is 1. The molecule has 5 heteroatoms. The zero-order valence-corrected chi connectivity index (χ0v) is 8.61. The summed E-state index contributed by atoms with van der Waals surface area (Å²) in [4.78, 5) is 23.8. The average Bonchev–Trinajstić information content (AvgIpc) is 2.89. The van der Waals surface area contributed by atoms with Gasteiger partial charge in [0.1, 0.15) is 6.54 Å². The van der Waals surface area contributed by atoms with E-state index in [4.69, 9.17) is 5.11 Å². The van der Waals surface area contributed by atoms with Crippen molar-refractivity contribution in [2.75, 3.05) is 6.54 Å². The minimum absolute atomic E-state index is 0.154. The maximum Gasteiger partial charge on any atom is 0.323 e. The van der Waals surface area contributed by atoms with E-state index in [0.717, 1.165) is 32.1 Å². The number of aliphatic carboxylic acids is 1. The highest BCUT2D eigenvalue weighted by Crippen LogP contribution is 2.27. The molecule has 2 saturated carbocycles. The summed E-state index contributed by atoms with van der Waals surface area (Å²) in [6, 6.07) is 0.221. The second-order valence-electron chi connectivity index (χ2n) is 4.33. The van der Waals surface area contributed by atoms with Crippen LogP contribution >= 0.6 is 0 Å². The minimum atomic E-state index is -0.939. The zero-order valence-electron chi connectivity index (χ0n) is 8.61. The Hall–Kier alpha value is -1.26. The fourth-order valence-corrected chi connectivity index (χ4v) is 1.71. The van der Waals surface area contributed by atoms with Crippen molar-refractivity contribution in [1.82, 2.24) is 10.2 Å². The molecular formula is C10H16N2O3. The van der Waals surface area contributed by atoms with Crippen LogP contribution in [-0.4, -0.2) is 40.6 Å². The van der Waals surface area contributed by atoms with Gasteiger partial charge < -0.3 is 15.3 Å². The van der Waals surface area contributed by atoms with Crippen molar-refractivity contribution in [3.8, 4) is 0 Å². The Morgan fingerprint density at radius 2 is 1.93 bits per heavy atom. The van der Waals surface area contributed by atoms with E-state index in [1.54, 1.807) is 0 Å². The molecule has 0 unspecified atom stereocenters. The molecule has 0 aliphatic heterocycles. The van der Waals surface area contributed by atoms with Crippen LogP contribution in [0, 0.1) is 0 Å². The molecule has 84 valence electrons. The number of carbonyl (C=O) groups excluding carboxylic acids is 1.